The maximum atomic E-state index is 6.23. The average molecular weight is 398 g/mol. The van der Waals surface area contributed by atoms with Crippen molar-refractivity contribution in [2.45, 2.75) is 0 Å². The monoisotopic (exact) mass is 398 g/mol. The third-order valence-electron chi connectivity index (χ3n) is 4.80. The van der Waals surface area contributed by atoms with Gasteiger partial charge in [-0.3, -0.25) is 0 Å². The highest BCUT2D eigenvalue weighted by atomic mass is 16.5. The fourth-order valence-corrected chi connectivity index (χ4v) is 3.37. The molecule has 0 N–H and O–H groups in total. The lowest BCUT2D eigenvalue weighted by molar-refractivity contribution is 0.341. The molecule has 0 atom stereocenters. The number of hydrogen-bond acceptors (Lipinski definition) is 6. The minimum atomic E-state index is 0.290. The Bertz CT molecular complexity index is 1320. The molecule has 0 fully saturated rings. The molecule has 0 saturated carbocycles. The lowest BCUT2D eigenvalue weighted by Crippen LogP contribution is -1.98. The van der Waals surface area contributed by atoms with Crippen LogP contribution >= 0.6 is 0 Å². The van der Waals surface area contributed by atoms with E-state index in [2.05, 4.69) is 4.98 Å². The molecule has 0 radical (unpaired) electrons. The number of rotatable bonds is 5. The number of hydrogen-bond donors (Lipinski definition) is 0. The Morgan fingerprint density at radius 2 is 1.43 bits per heavy atom. The van der Waals surface area contributed by atoms with Gasteiger partial charge in [-0.25, -0.2) is 4.98 Å². The molecule has 0 unspecified atom stereocenters. The molecule has 0 aliphatic heterocycles. The van der Waals surface area contributed by atoms with Gasteiger partial charge in [0.05, 0.1) is 14.2 Å². The molecule has 0 saturated heterocycles. The van der Waals surface area contributed by atoms with Crippen molar-refractivity contribution < 1.29 is 18.6 Å². The Morgan fingerprint density at radius 1 is 0.733 bits per heavy atom. The molecule has 5 rings (SSSR count). The van der Waals surface area contributed by atoms with E-state index in [1.807, 2.05) is 60.7 Å². The van der Waals surface area contributed by atoms with Crippen LogP contribution in [0.2, 0.25) is 0 Å². The summed E-state index contributed by atoms with van der Waals surface area (Å²) < 4.78 is 23.2. The molecule has 30 heavy (non-hydrogen) atoms. The average Bonchev–Trinajstić information content (AvgIpc) is 3.19. The molecule has 148 valence electrons. The van der Waals surface area contributed by atoms with Crippen molar-refractivity contribution in [1.82, 2.24) is 9.97 Å². The van der Waals surface area contributed by atoms with Crippen molar-refractivity contribution in [3.8, 4) is 34.5 Å². The highest BCUT2D eigenvalue weighted by molar-refractivity contribution is 6.04. The Labute approximate surface area is 172 Å². The number of nitrogens with zero attached hydrogens (tertiary/aromatic N) is 2. The summed E-state index contributed by atoms with van der Waals surface area (Å²) >= 11 is 0. The number of methoxy groups -OCH3 is 2. The van der Waals surface area contributed by atoms with Gasteiger partial charge >= 0.3 is 0 Å². The normalized spacial score (nSPS) is 11.0. The summed E-state index contributed by atoms with van der Waals surface area (Å²) in [6.07, 6.45) is 0. The van der Waals surface area contributed by atoms with Gasteiger partial charge in [-0.1, -0.05) is 48.5 Å². The van der Waals surface area contributed by atoms with Gasteiger partial charge in [0.1, 0.15) is 11.1 Å². The molecule has 0 bridgehead atoms. The van der Waals surface area contributed by atoms with Gasteiger partial charge in [0.25, 0.3) is 5.88 Å². The lowest BCUT2D eigenvalue weighted by atomic mass is 10.2. The van der Waals surface area contributed by atoms with Crippen molar-refractivity contribution in [2.24, 2.45) is 0 Å². The number of aromatic nitrogens is 2. The molecular formula is C24H18N2O4. The van der Waals surface area contributed by atoms with Crippen LogP contribution in [0.5, 0.6) is 23.1 Å². The zero-order chi connectivity index (χ0) is 20.5. The van der Waals surface area contributed by atoms with Crippen molar-refractivity contribution in [1.29, 1.82) is 0 Å². The molecule has 6 nitrogen and oxygen atoms in total. The third-order valence-corrected chi connectivity index (χ3v) is 4.80. The molecule has 6 heteroatoms. The van der Waals surface area contributed by atoms with E-state index in [0.29, 0.717) is 39.8 Å². The molecule has 0 amide bonds. The molecule has 0 spiro atoms. The minimum absolute atomic E-state index is 0.290. The van der Waals surface area contributed by atoms with Crippen LogP contribution in [0.3, 0.4) is 0 Å². The summed E-state index contributed by atoms with van der Waals surface area (Å²) in [5.41, 5.74) is 2.73. The highest BCUT2D eigenvalue weighted by Gasteiger charge is 2.21. The first-order chi connectivity index (χ1) is 14.8. The predicted molar refractivity (Wildman–Crippen MR) is 114 cm³/mol. The standard InChI is InChI=1S/C24H18N2O4/c1-27-18-13-8-14-19(28-2)21(18)30-24-22-20(16-11-6-7-12-17(16)29-22)25-23(26-24)15-9-4-3-5-10-15/h3-14H,1-2H3. The van der Waals surface area contributed by atoms with Crippen LogP contribution in [0.1, 0.15) is 0 Å². The number of benzene rings is 3. The summed E-state index contributed by atoms with van der Waals surface area (Å²) in [5, 5.41) is 0.893. The summed E-state index contributed by atoms with van der Waals surface area (Å²) in [6, 6.07) is 22.9. The van der Waals surface area contributed by atoms with Crippen LogP contribution in [0.25, 0.3) is 33.5 Å². The smallest absolute Gasteiger partial charge is 0.267 e. The maximum Gasteiger partial charge on any atom is 0.267 e. The highest BCUT2D eigenvalue weighted by Crippen LogP contribution is 2.42. The van der Waals surface area contributed by atoms with E-state index in [9.17, 15) is 0 Å². The second-order valence-corrected chi connectivity index (χ2v) is 6.59. The van der Waals surface area contributed by atoms with Gasteiger partial charge in [0.15, 0.2) is 17.3 Å². The number of para-hydroxylation sites is 2. The number of furan rings is 1. The van der Waals surface area contributed by atoms with Gasteiger partial charge in [0, 0.05) is 10.9 Å². The SMILES string of the molecule is COc1cccc(OC)c1Oc1nc(-c2ccccc2)nc2c1oc1ccccc12. The molecule has 0 aliphatic carbocycles. The molecule has 0 aliphatic rings. The second kappa shape index (κ2) is 7.40. The third kappa shape index (κ3) is 2.99. The van der Waals surface area contributed by atoms with Gasteiger partial charge < -0.3 is 18.6 Å². The van der Waals surface area contributed by atoms with E-state index in [1.165, 1.54) is 0 Å². The number of ether oxygens (including phenoxy) is 3. The molecule has 3 aromatic carbocycles. The van der Waals surface area contributed by atoms with E-state index in [4.69, 9.17) is 23.6 Å². The van der Waals surface area contributed by atoms with Crippen LogP contribution in [0.4, 0.5) is 0 Å². The largest absolute Gasteiger partial charge is 0.493 e. The molecule has 5 aromatic rings. The van der Waals surface area contributed by atoms with E-state index >= 15 is 0 Å². The topological polar surface area (TPSA) is 66.6 Å². The lowest BCUT2D eigenvalue weighted by Gasteiger charge is -2.13. The van der Waals surface area contributed by atoms with Crippen molar-refractivity contribution in [3.05, 3.63) is 72.8 Å². The van der Waals surface area contributed by atoms with E-state index < -0.39 is 0 Å². The Hall–Kier alpha value is -4.06. The van der Waals surface area contributed by atoms with Gasteiger partial charge in [-0.05, 0) is 24.3 Å². The van der Waals surface area contributed by atoms with Crippen LogP contribution in [0.15, 0.2) is 77.2 Å². The van der Waals surface area contributed by atoms with Crippen molar-refractivity contribution >= 4 is 22.1 Å². The molecular weight excluding hydrogens is 380 g/mol. The zero-order valence-corrected chi connectivity index (χ0v) is 16.5. The first kappa shape index (κ1) is 18.0. The quantitative estimate of drug-likeness (QED) is 0.370. The Morgan fingerprint density at radius 3 is 2.17 bits per heavy atom. The van der Waals surface area contributed by atoms with Crippen LogP contribution in [-0.4, -0.2) is 24.2 Å². The minimum Gasteiger partial charge on any atom is -0.493 e. The fourth-order valence-electron chi connectivity index (χ4n) is 3.37. The summed E-state index contributed by atoms with van der Waals surface area (Å²) in [4.78, 5) is 9.45. The fraction of sp³-hybridized carbons (Fsp3) is 0.0833. The maximum absolute atomic E-state index is 6.23. The van der Waals surface area contributed by atoms with Crippen LogP contribution < -0.4 is 14.2 Å². The second-order valence-electron chi connectivity index (χ2n) is 6.59. The zero-order valence-electron chi connectivity index (χ0n) is 16.5. The van der Waals surface area contributed by atoms with Gasteiger partial charge in [0.2, 0.25) is 11.3 Å². The van der Waals surface area contributed by atoms with Crippen LogP contribution in [0, 0.1) is 0 Å². The molecule has 2 aromatic heterocycles. The first-order valence-electron chi connectivity index (χ1n) is 9.42. The Balaban J connectivity index is 1.77. The van der Waals surface area contributed by atoms with Crippen molar-refractivity contribution in [2.75, 3.05) is 14.2 Å². The predicted octanol–water partition coefficient (Wildman–Crippen LogP) is 5.85. The summed E-state index contributed by atoms with van der Waals surface area (Å²) in [6.45, 7) is 0. The Kier molecular flexibility index (Phi) is 4.44. The van der Waals surface area contributed by atoms with E-state index in [-0.39, 0.29) is 5.88 Å². The summed E-state index contributed by atoms with van der Waals surface area (Å²) in [5.74, 6) is 2.30. The first-order valence-corrected chi connectivity index (χ1v) is 9.42. The summed E-state index contributed by atoms with van der Waals surface area (Å²) in [7, 11) is 3.15. The van der Waals surface area contributed by atoms with Crippen molar-refractivity contribution in [3.63, 3.8) is 0 Å². The number of fused-ring (bicyclic) bond motifs is 3. The van der Waals surface area contributed by atoms with Crippen LogP contribution in [-0.2, 0) is 0 Å². The van der Waals surface area contributed by atoms with Gasteiger partial charge in [-0.2, -0.15) is 4.98 Å². The van der Waals surface area contributed by atoms with Gasteiger partial charge in [-0.15, -0.1) is 0 Å². The van der Waals surface area contributed by atoms with E-state index in [1.54, 1.807) is 26.4 Å². The molecule has 2 heterocycles. The van der Waals surface area contributed by atoms with E-state index in [0.717, 1.165) is 10.9 Å².